The Hall–Kier alpha value is -0.210. The van der Waals surface area contributed by atoms with Gasteiger partial charge in [0.1, 0.15) is 0 Å². The summed E-state index contributed by atoms with van der Waals surface area (Å²) < 4.78 is 36.4. The lowest BCUT2D eigenvalue weighted by Crippen LogP contribution is -2.57. The summed E-state index contributed by atoms with van der Waals surface area (Å²) in [4.78, 5) is 0. The molecule has 420 valence electrons. The molecule has 0 bridgehead atoms. The van der Waals surface area contributed by atoms with Crippen LogP contribution in [0.2, 0.25) is 0 Å². The van der Waals surface area contributed by atoms with E-state index in [0.717, 1.165) is 0 Å². The molecule has 0 aliphatic heterocycles. The SMILES string of the molecule is CCCCCCCCCCCCCCCCCCCCCCC(C)(CCC)[N+](C)(C)CC.CCCCCCCCCCCCCCCCCCCCCCC(C)(CCC)[N+](C)(C)CC.O=S(=O)([O-])[O-]. The van der Waals surface area contributed by atoms with E-state index in [0.29, 0.717) is 11.1 Å². The van der Waals surface area contributed by atoms with Crippen LogP contribution in [0.25, 0.3) is 0 Å². The van der Waals surface area contributed by atoms with Gasteiger partial charge in [-0.2, -0.15) is 0 Å². The fourth-order valence-corrected chi connectivity index (χ4v) is 10.8. The van der Waals surface area contributed by atoms with Crippen molar-refractivity contribution in [2.45, 2.75) is 362 Å². The molecule has 0 saturated carbocycles. The van der Waals surface area contributed by atoms with Crippen molar-refractivity contribution in [1.29, 1.82) is 0 Å². The fraction of sp³-hybridized carbons (Fsp3) is 1.00. The van der Waals surface area contributed by atoms with Gasteiger partial charge in [-0.3, -0.25) is 8.42 Å². The molecule has 0 amide bonds. The topological polar surface area (TPSA) is 80.3 Å². The highest BCUT2D eigenvalue weighted by Crippen LogP contribution is 2.33. The van der Waals surface area contributed by atoms with Gasteiger partial charge in [-0.1, -0.05) is 285 Å². The number of hydrogen-bond donors (Lipinski definition) is 0. The maximum atomic E-state index is 8.52. The number of unbranched alkanes of at least 4 members (excludes halogenated alkanes) is 38. The average molecular weight is 1000 g/mol. The van der Waals surface area contributed by atoms with Crippen LogP contribution >= 0.6 is 0 Å². The van der Waals surface area contributed by atoms with E-state index in [4.69, 9.17) is 17.5 Å². The molecule has 2 unspecified atom stereocenters. The van der Waals surface area contributed by atoms with E-state index in [1.54, 1.807) is 0 Å². The van der Waals surface area contributed by atoms with Crippen molar-refractivity contribution < 1.29 is 26.5 Å². The molecule has 0 aromatic rings. The van der Waals surface area contributed by atoms with E-state index in [9.17, 15) is 0 Å². The van der Waals surface area contributed by atoms with E-state index in [-0.39, 0.29) is 0 Å². The van der Waals surface area contributed by atoms with Gasteiger partial charge >= 0.3 is 0 Å². The summed E-state index contributed by atoms with van der Waals surface area (Å²) in [5.74, 6) is 0. The molecule has 0 aliphatic rings. The van der Waals surface area contributed by atoms with Crippen LogP contribution in [0.15, 0.2) is 0 Å². The Balaban J connectivity index is -0.00000115. The second kappa shape index (κ2) is 50.0. The van der Waals surface area contributed by atoms with Crippen molar-refractivity contribution in [1.82, 2.24) is 0 Å². The first-order valence-corrected chi connectivity index (χ1v) is 32.5. The molecule has 2 atom stereocenters. The van der Waals surface area contributed by atoms with E-state index < -0.39 is 10.4 Å². The van der Waals surface area contributed by atoms with Crippen molar-refractivity contribution in [3.05, 3.63) is 0 Å². The molecule has 0 fully saturated rings. The Morgan fingerprint density at radius 2 is 0.420 bits per heavy atom. The van der Waals surface area contributed by atoms with Crippen LogP contribution in [0.5, 0.6) is 0 Å². The molecular weight excluding hydrogens is 869 g/mol. The Kier molecular flexibility index (Phi) is 52.9. The summed E-state index contributed by atoms with van der Waals surface area (Å²) in [6.45, 7) is 21.6. The molecule has 7 heteroatoms. The van der Waals surface area contributed by atoms with Crippen molar-refractivity contribution in [3.63, 3.8) is 0 Å². The lowest BCUT2D eigenvalue weighted by atomic mass is 9.86. The Morgan fingerprint density at radius 1 is 0.275 bits per heavy atom. The van der Waals surface area contributed by atoms with Gasteiger partial charge in [-0.05, 0) is 40.5 Å². The lowest BCUT2D eigenvalue weighted by Gasteiger charge is -2.46. The molecule has 0 rings (SSSR count). The standard InChI is InChI=1S/2C31H66N.H2O4S/c2*1-7-10-11-12-13-14-15-16-17-18-19-20-21-22-23-24-25-26-27-28-30-31(4,29-8-2)32(5,6)9-3;1-5(2,3)4/h2*7-30H2,1-6H3;(H2,1,2,3,4)/q2*+1;/p-2. The summed E-state index contributed by atoms with van der Waals surface area (Å²) in [6.07, 6.45) is 66.9. The molecule has 69 heavy (non-hydrogen) atoms. The second-order valence-electron chi connectivity index (χ2n) is 23.8. The highest BCUT2D eigenvalue weighted by molar-refractivity contribution is 7.79. The van der Waals surface area contributed by atoms with Crippen molar-refractivity contribution in [2.24, 2.45) is 0 Å². The molecule has 0 N–H and O–H groups in total. The number of rotatable bonds is 50. The minimum Gasteiger partial charge on any atom is -0.759 e. The first kappa shape index (κ1) is 73.0. The summed E-state index contributed by atoms with van der Waals surface area (Å²) in [5, 5.41) is 0. The van der Waals surface area contributed by atoms with Crippen LogP contribution in [0.4, 0.5) is 0 Å². The van der Waals surface area contributed by atoms with Gasteiger partial charge in [0, 0.05) is 36.1 Å². The maximum Gasteiger partial charge on any atom is 0.0959 e. The number of hydrogen-bond acceptors (Lipinski definition) is 4. The molecule has 0 saturated heterocycles. The molecule has 6 nitrogen and oxygen atoms in total. The largest absolute Gasteiger partial charge is 0.759 e. The molecular formula is C62H132N2O4S. The molecule has 0 aromatic carbocycles. The Labute approximate surface area is 438 Å². The predicted molar refractivity (Wildman–Crippen MR) is 308 cm³/mol. The predicted octanol–water partition coefficient (Wildman–Crippen LogP) is 20.4. The van der Waals surface area contributed by atoms with Crippen LogP contribution in [0.1, 0.15) is 351 Å². The summed E-state index contributed by atoms with van der Waals surface area (Å²) >= 11 is 0. The van der Waals surface area contributed by atoms with Crippen LogP contribution in [-0.2, 0) is 10.4 Å². The monoisotopic (exact) mass is 1000 g/mol. The molecule has 0 aromatic heterocycles. The van der Waals surface area contributed by atoms with E-state index in [1.165, 1.54) is 317 Å². The van der Waals surface area contributed by atoms with Crippen molar-refractivity contribution in [2.75, 3.05) is 41.3 Å². The smallest absolute Gasteiger partial charge is 0.0959 e. The van der Waals surface area contributed by atoms with E-state index >= 15 is 0 Å². The zero-order chi connectivity index (χ0) is 52.4. The number of quaternary nitrogens is 2. The zero-order valence-electron chi connectivity index (χ0n) is 49.9. The quantitative estimate of drug-likeness (QED) is 0.0263. The van der Waals surface area contributed by atoms with Gasteiger partial charge in [0.25, 0.3) is 0 Å². The Morgan fingerprint density at radius 3 is 0.551 bits per heavy atom. The third kappa shape index (κ3) is 48.5. The average Bonchev–Trinajstić information content (AvgIpc) is 3.30. The summed E-state index contributed by atoms with van der Waals surface area (Å²) in [7, 11) is 4.58. The fourth-order valence-electron chi connectivity index (χ4n) is 10.8. The second-order valence-corrected chi connectivity index (χ2v) is 24.7. The molecule has 0 aliphatic carbocycles. The highest BCUT2D eigenvalue weighted by Gasteiger charge is 2.39. The minimum absolute atomic E-state index is 0.470. The van der Waals surface area contributed by atoms with Crippen LogP contribution < -0.4 is 0 Å². The molecule has 0 spiro atoms. The summed E-state index contributed by atoms with van der Waals surface area (Å²) in [6, 6.07) is 0. The first-order chi connectivity index (χ1) is 32.9. The van der Waals surface area contributed by atoms with Crippen LogP contribution in [-0.4, -0.2) is 78.8 Å². The third-order valence-corrected chi connectivity index (χ3v) is 17.2. The molecule has 0 heterocycles. The van der Waals surface area contributed by atoms with Crippen LogP contribution in [0.3, 0.4) is 0 Å². The van der Waals surface area contributed by atoms with Gasteiger partial charge in [0.15, 0.2) is 0 Å². The third-order valence-electron chi connectivity index (χ3n) is 17.2. The van der Waals surface area contributed by atoms with Gasteiger partial charge < -0.3 is 18.1 Å². The van der Waals surface area contributed by atoms with E-state index in [1.807, 2.05) is 0 Å². The van der Waals surface area contributed by atoms with E-state index in [2.05, 4.69) is 83.6 Å². The lowest BCUT2D eigenvalue weighted by molar-refractivity contribution is -0.939. The maximum absolute atomic E-state index is 8.52. The van der Waals surface area contributed by atoms with Gasteiger partial charge in [0.05, 0.1) is 52.4 Å². The first-order valence-electron chi connectivity index (χ1n) is 31.2. The summed E-state index contributed by atoms with van der Waals surface area (Å²) in [5.41, 5.74) is 0.940. The Bertz CT molecular complexity index is 1050. The van der Waals surface area contributed by atoms with Gasteiger partial charge in [-0.15, -0.1) is 0 Å². The van der Waals surface area contributed by atoms with Gasteiger partial charge in [0.2, 0.25) is 0 Å². The van der Waals surface area contributed by atoms with Crippen molar-refractivity contribution in [3.8, 4) is 0 Å². The number of nitrogens with zero attached hydrogens (tertiary/aromatic N) is 2. The molecule has 0 radical (unpaired) electrons. The van der Waals surface area contributed by atoms with Crippen molar-refractivity contribution >= 4 is 10.4 Å². The van der Waals surface area contributed by atoms with Crippen LogP contribution in [0, 0.1) is 0 Å². The minimum atomic E-state index is -5.17. The normalized spacial score (nSPS) is 13.9. The van der Waals surface area contributed by atoms with Gasteiger partial charge in [-0.25, -0.2) is 0 Å². The highest BCUT2D eigenvalue weighted by atomic mass is 32.3. The zero-order valence-corrected chi connectivity index (χ0v) is 50.7.